The number of ether oxygens (including phenoxy) is 1. The smallest absolute Gasteiger partial charge is 0.191 e. The molecule has 1 heterocycles. The lowest BCUT2D eigenvalue weighted by Crippen LogP contribution is -2.38. The highest BCUT2D eigenvalue weighted by atomic mass is 19.1. The van der Waals surface area contributed by atoms with Crippen LogP contribution in [0, 0.1) is 5.82 Å². The van der Waals surface area contributed by atoms with Crippen molar-refractivity contribution in [3.05, 3.63) is 71.0 Å². The maximum atomic E-state index is 13.7. The van der Waals surface area contributed by atoms with Crippen molar-refractivity contribution in [3.63, 3.8) is 0 Å². The maximum Gasteiger partial charge on any atom is 0.191 e. The van der Waals surface area contributed by atoms with E-state index in [2.05, 4.69) is 44.8 Å². The van der Waals surface area contributed by atoms with Crippen LogP contribution in [0.4, 0.5) is 4.39 Å². The van der Waals surface area contributed by atoms with Crippen molar-refractivity contribution >= 4 is 5.96 Å². The van der Waals surface area contributed by atoms with Gasteiger partial charge in [-0.2, -0.15) is 0 Å². The van der Waals surface area contributed by atoms with Gasteiger partial charge < -0.3 is 15.4 Å². The molecule has 3 rings (SSSR count). The minimum atomic E-state index is -0.159. The van der Waals surface area contributed by atoms with Gasteiger partial charge in [0.15, 0.2) is 5.96 Å². The summed E-state index contributed by atoms with van der Waals surface area (Å²) in [6, 6.07) is 15.5. The summed E-state index contributed by atoms with van der Waals surface area (Å²) in [4.78, 5) is 7.07. The summed E-state index contributed by atoms with van der Waals surface area (Å²) in [7, 11) is 0. The van der Waals surface area contributed by atoms with Gasteiger partial charge in [0, 0.05) is 32.7 Å². The molecular formula is C23H31FN4O. The van der Waals surface area contributed by atoms with E-state index in [0.29, 0.717) is 25.1 Å². The first-order valence-corrected chi connectivity index (χ1v) is 10.4. The number of hydrogen-bond acceptors (Lipinski definition) is 3. The molecule has 2 aromatic carbocycles. The first-order valence-electron chi connectivity index (χ1n) is 10.4. The number of benzene rings is 2. The molecule has 29 heavy (non-hydrogen) atoms. The average Bonchev–Trinajstić information content (AvgIpc) is 2.75. The molecule has 0 spiro atoms. The maximum absolute atomic E-state index is 13.7. The van der Waals surface area contributed by atoms with Gasteiger partial charge in [-0.1, -0.05) is 42.5 Å². The number of hydrogen-bond donors (Lipinski definition) is 2. The van der Waals surface area contributed by atoms with E-state index < -0.39 is 0 Å². The molecule has 156 valence electrons. The molecule has 2 aromatic rings. The van der Waals surface area contributed by atoms with Gasteiger partial charge in [-0.15, -0.1) is 0 Å². The fraction of sp³-hybridized carbons (Fsp3) is 0.435. The Labute approximate surface area is 173 Å². The molecule has 6 heteroatoms. The van der Waals surface area contributed by atoms with Crippen molar-refractivity contribution in [1.29, 1.82) is 0 Å². The number of nitrogens with one attached hydrogen (secondary N) is 2. The summed E-state index contributed by atoms with van der Waals surface area (Å²) in [6.45, 7) is 8.66. The van der Waals surface area contributed by atoms with E-state index >= 15 is 0 Å². The Morgan fingerprint density at radius 1 is 1.03 bits per heavy atom. The summed E-state index contributed by atoms with van der Waals surface area (Å²) in [5.41, 5.74) is 3.20. The van der Waals surface area contributed by atoms with Crippen LogP contribution < -0.4 is 10.6 Å². The molecule has 1 fully saturated rings. The molecule has 5 nitrogen and oxygen atoms in total. The van der Waals surface area contributed by atoms with Crippen LogP contribution in [0.2, 0.25) is 0 Å². The lowest BCUT2D eigenvalue weighted by atomic mass is 10.1. The second-order valence-electron chi connectivity index (χ2n) is 7.17. The van der Waals surface area contributed by atoms with Crippen LogP contribution in [-0.2, 0) is 24.2 Å². The van der Waals surface area contributed by atoms with Crippen molar-refractivity contribution in [2.24, 2.45) is 4.99 Å². The van der Waals surface area contributed by atoms with E-state index in [0.717, 1.165) is 45.4 Å². The van der Waals surface area contributed by atoms with Crippen molar-refractivity contribution < 1.29 is 9.13 Å². The quantitative estimate of drug-likeness (QED) is 0.530. The van der Waals surface area contributed by atoms with Crippen molar-refractivity contribution in [2.75, 3.05) is 39.4 Å². The first-order chi connectivity index (χ1) is 14.2. The third-order valence-corrected chi connectivity index (χ3v) is 4.94. The van der Waals surface area contributed by atoms with Crippen LogP contribution in [0.1, 0.15) is 23.6 Å². The molecule has 0 aliphatic carbocycles. The van der Waals surface area contributed by atoms with E-state index in [1.807, 2.05) is 19.1 Å². The zero-order chi connectivity index (χ0) is 20.3. The number of rotatable bonds is 8. The normalized spacial score (nSPS) is 15.3. The summed E-state index contributed by atoms with van der Waals surface area (Å²) < 4.78 is 19.1. The van der Waals surface area contributed by atoms with Gasteiger partial charge in [0.05, 0.1) is 19.8 Å². The fourth-order valence-electron chi connectivity index (χ4n) is 3.30. The topological polar surface area (TPSA) is 48.9 Å². The Kier molecular flexibility index (Phi) is 8.46. The van der Waals surface area contributed by atoms with Gasteiger partial charge in [-0.05, 0) is 36.1 Å². The Hall–Kier alpha value is -2.44. The third kappa shape index (κ3) is 7.15. The van der Waals surface area contributed by atoms with Crippen LogP contribution >= 0.6 is 0 Å². The predicted molar refractivity (Wildman–Crippen MR) is 115 cm³/mol. The Morgan fingerprint density at radius 2 is 1.76 bits per heavy atom. The zero-order valence-electron chi connectivity index (χ0n) is 17.2. The molecule has 0 aromatic heterocycles. The number of guanidine groups is 1. The van der Waals surface area contributed by atoms with Crippen LogP contribution in [0.5, 0.6) is 0 Å². The van der Waals surface area contributed by atoms with Gasteiger partial charge in [0.1, 0.15) is 5.82 Å². The standard InChI is InChI=1S/C23H31FN4O/c1-2-25-23(26-12-11-21-5-3-4-6-22(21)24)27-17-19-7-9-20(10-8-19)18-28-13-15-29-16-14-28/h3-10H,2,11-18H2,1H3,(H2,25,26,27). The molecule has 2 N–H and O–H groups in total. The Balaban J connectivity index is 1.49. The van der Waals surface area contributed by atoms with Crippen LogP contribution in [0.3, 0.4) is 0 Å². The van der Waals surface area contributed by atoms with Crippen LogP contribution in [0.25, 0.3) is 0 Å². The number of halogens is 1. The van der Waals surface area contributed by atoms with E-state index in [1.165, 1.54) is 17.2 Å². The second kappa shape index (κ2) is 11.5. The lowest BCUT2D eigenvalue weighted by molar-refractivity contribution is 0.0342. The van der Waals surface area contributed by atoms with Crippen LogP contribution in [-0.4, -0.2) is 50.3 Å². The fourth-order valence-corrected chi connectivity index (χ4v) is 3.30. The predicted octanol–water partition coefficient (Wildman–Crippen LogP) is 2.96. The van der Waals surface area contributed by atoms with E-state index in [-0.39, 0.29) is 5.82 Å². The molecule has 1 aliphatic rings. The summed E-state index contributed by atoms with van der Waals surface area (Å²) in [5, 5.41) is 6.53. The average molecular weight is 399 g/mol. The van der Waals surface area contributed by atoms with Gasteiger partial charge in [0.2, 0.25) is 0 Å². The SMILES string of the molecule is CCNC(=NCc1ccc(CN2CCOCC2)cc1)NCCc1ccccc1F. The van der Waals surface area contributed by atoms with Crippen molar-refractivity contribution in [3.8, 4) is 0 Å². The highest BCUT2D eigenvalue weighted by Crippen LogP contribution is 2.10. The number of morpholine rings is 1. The van der Waals surface area contributed by atoms with Gasteiger partial charge in [0.25, 0.3) is 0 Å². The lowest BCUT2D eigenvalue weighted by Gasteiger charge is -2.26. The van der Waals surface area contributed by atoms with E-state index in [4.69, 9.17) is 4.74 Å². The largest absolute Gasteiger partial charge is 0.379 e. The highest BCUT2D eigenvalue weighted by molar-refractivity contribution is 5.79. The van der Waals surface area contributed by atoms with Crippen molar-refractivity contribution in [1.82, 2.24) is 15.5 Å². The molecule has 0 bridgehead atoms. The summed E-state index contributed by atoms with van der Waals surface area (Å²) in [6.07, 6.45) is 0.618. The number of aliphatic imine (C=N–C) groups is 1. The van der Waals surface area contributed by atoms with E-state index in [1.54, 1.807) is 6.07 Å². The van der Waals surface area contributed by atoms with Crippen LogP contribution in [0.15, 0.2) is 53.5 Å². The summed E-state index contributed by atoms with van der Waals surface area (Å²) >= 11 is 0. The number of nitrogens with zero attached hydrogens (tertiary/aromatic N) is 2. The molecule has 1 saturated heterocycles. The second-order valence-corrected chi connectivity index (χ2v) is 7.17. The monoisotopic (exact) mass is 398 g/mol. The minimum absolute atomic E-state index is 0.159. The van der Waals surface area contributed by atoms with Gasteiger partial charge in [-0.3, -0.25) is 4.90 Å². The Morgan fingerprint density at radius 3 is 2.48 bits per heavy atom. The molecule has 0 radical (unpaired) electrons. The molecular weight excluding hydrogens is 367 g/mol. The van der Waals surface area contributed by atoms with E-state index in [9.17, 15) is 4.39 Å². The molecule has 1 aliphatic heterocycles. The highest BCUT2D eigenvalue weighted by Gasteiger charge is 2.10. The third-order valence-electron chi connectivity index (χ3n) is 4.94. The molecule has 0 unspecified atom stereocenters. The van der Waals surface area contributed by atoms with Gasteiger partial charge >= 0.3 is 0 Å². The zero-order valence-corrected chi connectivity index (χ0v) is 17.2. The minimum Gasteiger partial charge on any atom is -0.379 e. The Bertz CT molecular complexity index is 773. The molecule has 0 saturated carbocycles. The molecule has 0 atom stereocenters. The molecule has 0 amide bonds. The van der Waals surface area contributed by atoms with Crippen molar-refractivity contribution in [2.45, 2.75) is 26.4 Å². The first kappa shape index (κ1) is 21.3. The van der Waals surface area contributed by atoms with Gasteiger partial charge in [-0.25, -0.2) is 9.38 Å². The summed E-state index contributed by atoms with van der Waals surface area (Å²) in [5.74, 6) is 0.592.